The van der Waals surface area contributed by atoms with Gasteiger partial charge in [0.2, 0.25) is 0 Å². The van der Waals surface area contributed by atoms with Gasteiger partial charge < -0.3 is 5.11 Å². The van der Waals surface area contributed by atoms with Gasteiger partial charge in [0.15, 0.2) is 6.21 Å². The number of hydrogen-bond acceptors (Lipinski definition) is 1. The maximum absolute atomic E-state index is 8.75. The Hall–Kier alpha value is -0.370. The summed E-state index contributed by atoms with van der Waals surface area (Å²) in [6.07, 6.45) is 21.6. The highest BCUT2D eigenvalue weighted by molar-refractivity contribution is 5.51. The molecule has 0 bridgehead atoms. The normalized spacial score (nSPS) is 12.0. The van der Waals surface area contributed by atoms with Crippen molar-refractivity contribution in [2.45, 2.75) is 96.8 Å². The Kier molecular flexibility index (Phi) is 17.4. The van der Waals surface area contributed by atoms with E-state index in [9.17, 15) is 0 Å². The van der Waals surface area contributed by atoms with Gasteiger partial charge in [-0.3, -0.25) is 0 Å². The molecule has 126 valence electrons. The molecule has 21 heavy (non-hydrogen) atoms. The van der Waals surface area contributed by atoms with Gasteiger partial charge in [-0.1, -0.05) is 84.0 Å². The lowest BCUT2D eigenvalue weighted by Crippen LogP contribution is -2.10. The molecule has 0 aromatic heterocycles. The Labute approximate surface area is 133 Å². The minimum absolute atomic E-state index is 0.162. The molecule has 0 aromatic rings. The number of hydrogen-bond donors (Lipinski definition) is 1. The number of rotatable bonds is 16. The van der Waals surface area contributed by atoms with Gasteiger partial charge in [-0.25, -0.2) is 4.58 Å². The van der Waals surface area contributed by atoms with Gasteiger partial charge in [-0.05, 0) is 6.42 Å². The molecule has 0 aliphatic rings. The van der Waals surface area contributed by atoms with Crippen LogP contribution in [0.4, 0.5) is 0 Å². The molecule has 0 heterocycles. The third kappa shape index (κ3) is 17.6. The van der Waals surface area contributed by atoms with E-state index in [1.807, 2.05) is 13.3 Å². The second-order valence-corrected chi connectivity index (χ2v) is 6.44. The van der Waals surface area contributed by atoms with Gasteiger partial charge in [0.1, 0.15) is 20.2 Å². The Morgan fingerprint density at radius 3 is 1.43 bits per heavy atom. The van der Waals surface area contributed by atoms with Crippen LogP contribution in [-0.2, 0) is 0 Å². The summed E-state index contributed by atoms with van der Waals surface area (Å²) in [5.74, 6) is 0. The minimum Gasteiger partial charge on any atom is -0.386 e. The predicted molar refractivity (Wildman–Crippen MR) is 94.5 cm³/mol. The Balaban J connectivity index is 3.04. The molecule has 0 rings (SSSR count). The molecule has 0 amide bonds. The molecule has 0 atom stereocenters. The first-order valence-corrected chi connectivity index (χ1v) is 9.45. The van der Waals surface area contributed by atoms with E-state index in [4.69, 9.17) is 5.11 Å². The highest BCUT2D eigenvalue weighted by atomic mass is 16.3. The van der Waals surface area contributed by atoms with Crippen molar-refractivity contribution >= 4 is 6.21 Å². The van der Waals surface area contributed by atoms with Crippen LogP contribution in [0.5, 0.6) is 0 Å². The summed E-state index contributed by atoms with van der Waals surface area (Å²) in [6.45, 7) is 3.53. The van der Waals surface area contributed by atoms with Crippen molar-refractivity contribution < 1.29 is 9.68 Å². The van der Waals surface area contributed by atoms with Crippen LogP contribution in [0.15, 0.2) is 0 Å². The fourth-order valence-corrected chi connectivity index (χ4v) is 2.79. The van der Waals surface area contributed by atoms with Crippen LogP contribution in [0.1, 0.15) is 96.8 Å². The first-order chi connectivity index (χ1) is 10.3. The lowest BCUT2D eigenvalue weighted by Gasteiger charge is -2.03. The van der Waals surface area contributed by atoms with Crippen molar-refractivity contribution in [2.75, 3.05) is 20.2 Å². The zero-order chi connectivity index (χ0) is 15.6. The molecule has 0 radical (unpaired) electrons. The lowest BCUT2D eigenvalue weighted by atomic mass is 10.0. The van der Waals surface area contributed by atoms with E-state index in [1.165, 1.54) is 89.9 Å². The highest BCUT2D eigenvalue weighted by Crippen LogP contribution is 2.12. The topological polar surface area (TPSA) is 23.2 Å². The second kappa shape index (κ2) is 17.7. The van der Waals surface area contributed by atoms with Crippen LogP contribution >= 0.6 is 0 Å². The van der Waals surface area contributed by atoms with E-state index in [0.29, 0.717) is 0 Å². The summed E-state index contributed by atoms with van der Waals surface area (Å²) in [6, 6.07) is 0. The monoisotopic (exact) mass is 298 g/mol. The third-order valence-corrected chi connectivity index (χ3v) is 4.26. The number of aliphatic hydroxyl groups excluding tert-OH is 1. The van der Waals surface area contributed by atoms with E-state index in [-0.39, 0.29) is 6.61 Å². The van der Waals surface area contributed by atoms with Crippen LogP contribution in [0.3, 0.4) is 0 Å². The van der Waals surface area contributed by atoms with E-state index in [1.54, 1.807) is 0 Å². The molecule has 0 unspecified atom stereocenters. The summed E-state index contributed by atoms with van der Waals surface area (Å²) in [5.41, 5.74) is 0. The molecule has 0 aliphatic heterocycles. The number of aliphatic hydroxyl groups is 1. The van der Waals surface area contributed by atoms with E-state index >= 15 is 0 Å². The van der Waals surface area contributed by atoms with Gasteiger partial charge in [-0.2, -0.15) is 0 Å². The third-order valence-electron chi connectivity index (χ3n) is 4.26. The van der Waals surface area contributed by atoms with Crippen molar-refractivity contribution in [3.05, 3.63) is 0 Å². The van der Waals surface area contributed by atoms with Crippen molar-refractivity contribution in [1.82, 2.24) is 0 Å². The molecule has 2 nitrogen and oxygen atoms in total. The van der Waals surface area contributed by atoms with Gasteiger partial charge in [0, 0.05) is 6.42 Å². The fourth-order valence-electron chi connectivity index (χ4n) is 2.79. The molecule has 0 aliphatic carbocycles. The Morgan fingerprint density at radius 1 is 0.667 bits per heavy atom. The van der Waals surface area contributed by atoms with Crippen molar-refractivity contribution in [2.24, 2.45) is 0 Å². The number of unbranched alkanes of at least 4 members (excludes halogenated alkanes) is 13. The SMILES string of the molecule is CCCCCCCCCCCCCCCC[N+](C)=CCO. The minimum atomic E-state index is 0.162. The lowest BCUT2D eigenvalue weighted by molar-refractivity contribution is -0.494. The van der Waals surface area contributed by atoms with E-state index < -0.39 is 0 Å². The summed E-state index contributed by atoms with van der Waals surface area (Å²) >= 11 is 0. The Morgan fingerprint density at radius 2 is 1.05 bits per heavy atom. The molecule has 0 saturated carbocycles. The first-order valence-electron chi connectivity index (χ1n) is 9.45. The molecular weight excluding hydrogens is 258 g/mol. The van der Waals surface area contributed by atoms with Gasteiger partial charge in [0.25, 0.3) is 0 Å². The molecule has 0 aromatic carbocycles. The smallest absolute Gasteiger partial charge is 0.165 e. The molecule has 0 saturated heterocycles. The maximum atomic E-state index is 8.75. The maximum Gasteiger partial charge on any atom is 0.165 e. The molecule has 0 spiro atoms. The second-order valence-electron chi connectivity index (χ2n) is 6.44. The van der Waals surface area contributed by atoms with Crippen LogP contribution in [-0.4, -0.2) is 36.1 Å². The van der Waals surface area contributed by atoms with E-state index in [2.05, 4.69) is 11.5 Å². The van der Waals surface area contributed by atoms with Gasteiger partial charge in [0.05, 0.1) is 0 Å². The molecule has 2 heteroatoms. The predicted octanol–water partition coefficient (Wildman–Crippen LogP) is 5.17. The standard InChI is InChI=1S/C19H40NO/c1-3-4-5-6-7-8-9-10-11-12-13-14-15-16-17-20(2)18-19-21/h18,21H,3-17,19H2,1-2H3/q+1. The Bertz CT molecular complexity index is 226. The van der Waals surface area contributed by atoms with Crippen molar-refractivity contribution in [1.29, 1.82) is 0 Å². The summed E-state index contributed by atoms with van der Waals surface area (Å²) in [5, 5.41) is 8.75. The van der Waals surface area contributed by atoms with E-state index in [0.717, 1.165) is 6.54 Å². The summed E-state index contributed by atoms with van der Waals surface area (Å²) < 4.78 is 2.10. The molecule has 1 N–H and O–H groups in total. The molecule has 0 fully saturated rings. The average Bonchev–Trinajstić information content (AvgIpc) is 2.48. The zero-order valence-corrected chi connectivity index (χ0v) is 14.8. The van der Waals surface area contributed by atoms with Crippen LogP contribution < -0.4 is 0 Å². The van der Waals surface area contributed by atoms with Crippen molar-refractivity contribution in [3.63, 3.8) is 0 Å². The average molecular weight is 299 g/mol. The zero-order valence-electron chi connectivity index (χ0n) is 14.8. The summed E-state index contributed by atoms with van der Waals surface area (Å²) in [4.78, 5) is 0. The first kappa shape index (κ1) is 20.6. The highest BCUT2D eigenvalue weighted by Gasteiger charge is 1.97. The van der Waals surface area contributed by atoms with Gasteiger partial charge >= 0.3 is 0 Å². The van der Waals surface area contributed by atoms with Crippen LogP contribution in [0.25, 0.3) is 0 Å². The van der Waals surface area contributed by atoms with Gasteiger partial charge in [-0.15, -0.1) is 0 Å². The largest absolute Gasteiger partial charge is 0.386 e. The summed E-state index contributed by atoms with van der Waals surface area (Å²) in [7, 11) is 2.04. The molecular formula is C19H40NO+. The fraction of sp³-hybridized carbons (Fsp3) is 0.947. The van der Waals surface area contributed by atoms with Crippen molar-refractivity contribution in [3.8, 4) is 0 Å². The number of nitrogens with zero attached hydrogens (tertiary/aromatic N) is 1. The quantitative estimate of drug-likeness (QED) is 0.237. The van der Waals surface area contributed by atoms with Crippen LogP contribution in [0.2, 0.25) is 0 Å². The van der Waals surface area contributed by atoms with Crippen LogP contribution in [0, 0.1) is 0 Å².